The summed E-state index contributed by atoms with van der Waals surface area (Å²) in [7, 11) is 0. The predicted molar refractivity (Wildman–Crippen MR) is 63.8 cm³/mol. The average Bonchev–Trinajstić information content (AvgIpc) is 2.14. The van der Waals surface area contributed by atoms with Gasteiger partial charge >= 0.3 is 0 Å². The van der Waals surface area contributed by atoms with Gasteiger partial charge in [0.05, 0.1) is 6.10 Å². The quantitative estimate of drug-likeness (QED) is 0.696. The summed E-state index contributed by atoms with van der Waals surface area (Å²) in [6.45, 7) is 4.70. The topological polar surface area (TPSA) is 38.3 Å². The molecule has 16 heavy (non-hydrogen) atoms. The number of carbonyl (C=O) groups is 1. The van der Waals surface area contributed by atoms with Gasteiger partial charge in [0.1, 0.15) is 0 Å². The summed E-state index contributed by atoms with van der Waals surface area (Å²) in [6.07, 6.45) is 8.80. The van der Waals surface area contributed by atoms with Crippen LogP contribution in [0.5, 0.6) is 0 Å². The first-order valence-electron chi connectivity index (χ1n) is 6.00. The van der Waals surface area contributed by atoms with Gasteiger partial charge in [0.25, 0.3) is 0 Å². The minimum absolute atomic E-state index is 0.0836. The first-order chi connectivity index (χ1) is 7.65. The van der Waals surface area contributed by atoms with Crippen LogP contribution < -0.4 is 5.32 Å². The van der Waals surface area contributed by atoms with E-state index in [1.54, 1.807) is 0 Å². The van der Waals surface area contributed by atoms with Crippen LogP contribution >= 0.6 is 0 Å². The SMILES string of the molecule is C#CCC(C)NC(=O)CC1CC(OCC)C1. The molecule has 0 aromatic rings. The first-order valence-corrected chi connectivity index (χ1v) is 6.00. The van der Waals surface area contributed by atoms with Gasteiger partial charge in [-0.05, 0) is 32.6 Å². The van der Waals surface area contributed by atoms with E-state index in [2.05, 4.69) is 11.2 Å². The van der Waals surface area contributed by atoms with Gasteiger partial charge < -0.3 is 10.1 Å². The highest BCUT2D eigenvalue weighted by atomic mass is 16.5. The van der Waals surface area contributed by atoms with Crippen molar-refractivity contribution in [1.82, 2.24) is 5.32 Å². The summed E-state index contributed by atoms with van der Waals surface area (Å²) in [5.74, 6) is 3.15. The zero-order chi connectivity index (χ0) is 12.0. The molecule has 3 heteroatoms. The predicted octanol–water partition coefficient (Wildman–Crippen LogP) is 1.72. The summed E-state index contributed by atoms with van der Waals surface area (Å²) < 4.78 is 5.45. The molecule has 0 bridgehead atoms. The average molecular weight is 223 g/mol. The summed E-state index contributed by atoms with van der Waals surface area (Å²) >= 11 is 0. The molecule has 0 heterocycles. The number of amides is 1. The molecule has 1 aliphatic rings. The van der Waals surface area contributed by atoms with E-state index >= 15 is 0 Å². The van der Waals surface area contributed by atoms with E-state index < -0.39 is 0 Å². The number of ether oxygens (including phenoxy) is 1. The highest BCUT2D eigenvalue weighted by molar-refractivity contribution is 5.76. The van der Waals surface area contributed by atoms with Crippen molar-refractivity contribution < 1.29 is 9.53 Å². The Kier molecular flexibility index (Phi) is 5.34. The maximum absolute atomic E-state index is 11.6. The van der Waals surface area contributed by atoms with E-state index in [9.17, 15) is 4.79 Å². The minimum Gasteiger partial charge on any atom is -0.378 e. The van der Waals surface area contributed by atoms with Crippen LogP contribution in [0.4, 0.5) is 0 Å². The Morgan fingerprint density at radius 2 is 2.31 bits per heavy atom. The van der Waals surface area contributed by atoms with Crippen LogP contribution in [0.15, 0.2) is 0 Å². The fourth-order valence-corrected chi connectivity index (χ4v) is 2.04. The van der Waals surface area contributed by atoms with Gasteiger partial charge in [-0.15, -0.1) is 12.3 Å². The number of hydrogen-bond acceptors (Lipinski definition) is 2. The van der Waals surface area contributed by atoms with Crippen molar-refractivity contribution in [3.63, 3.8) is 0 Å². The second kappa shape index (κ2) is 6.55. The third kappa shape index (κ3) is 4.24. The van der Waals surface area contributed by atoms with Gasteiger partial charge in [-0.2, -0.15) is 0 Å². The maximum Gasteiger partial charge on any atom is 0.220 e. The standard InChI is InChI=1S/C13H21NO2/c1-4-6-10(3)14-13(15)9-11-7-12(8-11)16-5-2/h1,10-12H,5-9H2,2-3H3,(H,14,15). The van der Waals surface area contributed by atoms with E-state index in [1.165, 1.54) is 0 Å². The normalized spacial score (nSPS) is 25.3. The molecule has 1 atom stereocenters. The molecule has 1 unspecified atom stereocenters. The fourth-order valence-electron chi connectivity index (χ4n) is 2.04. The van der Waals surface area contributed by atoms with E-state index in [-0.39, 0.29) is 11.9 Å². The third-order valence-corrected chi connectivity index (χ3v) is 2.90. The molecule has 0 aliphatic heterocycles. The Labute approximate surface area is 97.9 Å². The fraction of sp³-hybridized carbons (Fsp3) is 0.769. The van der Waals surface area contributed by atoms with Crippen molar-refractivity contribution in [2.24, 2.45) is 5.92 Å². The molecule has 0 saturated heterocycles. The van der Waals surface area contributed by atoms with E-state index in [4.69, 9.17) is 11.2 Å². The van der Waals surface area contributed by atoms with E-state index in [1.807, 2.05) is 13.8 Å². The highest BCUT2D eigenvalue weighted by Crippen LogP contribution is 2.32. The molecular formula is C13H21NO2. The Morgan fingerprint density at radius 3 is 2.88 bits per heavy atom. The molecule has 1 fully saturated rings. The monoisotopic (exact) mass is 223 g/mol. The number of rotatable bonds is 6. The molecule has 0 aromatic heterocycles. The third-order valence-electron chi connectivity index (χ3n) is 2.90. The van der Waals surface area contributed by atoms with Gasteiger partial charge in [-0.1, -0.05) is 0 Å². The molecule has 90 valence electrons. The van der Waals surface area contributed by atoms with Crippen molar-refractivity contribution in [3.05, 3.63) is 0 Å². The second-order valence-corrected chi connectivity index (χ2v) is 4.50. The smallest absolute Gasteiger partial charge is 0.220 e. The molecule has 3 nitrogen and oxygen atoms in total. The lowest BCUT2D eigenvalue weighted by atomic mass is 9.80. The van der Waals surface area contributed by atoms with Crippen molar-refractivity contribution in [1.29, 1.82) is 0 Å². The van der Waals surface area contributed by atoms with Crippen LogP contribution in [0.3, 0.4) is 0 Å². The summed E-state index contributed by atoms with van der Waals surface area (Å²) in [5, 5.41) is 2.90. The van der Waals surface area contributed by atoms with Gasteiger partial charge in [0.15, 0.2) is 0 Å². The lowest BCUT2D eigenvalue weighted by molar-refractivity contribution is -0.124. The van der Waals surface area contributed by atoms with Crippen molar-refractivity contribution in [3.8, 4) is 12.3 Å². The number of carbonyl (C=O) groups excluding carboxylic acids is 1. The molecule has 0 spiro atoms. The first kappa shape index (κ1) is 13.1. The molecule has 0 aromatic carbocycles. The van der Waals surface area contributed by atoms with Gasteiger partial charge in [-0.25, -0.2) is 0 Å². The number of nitrogens with one attached hydrogen (secondary N) is 1. The van der Waals surface area contributed by atoms with Crippen molar-refractivity contribution >= 4 is 5.91 Å². The van der Waals surface area contributed by atoms with Crippen LogP contribution in [-0.2, 0) is 9.53 Å². The Hall–Kier alpha value is -1.01. The summed E-state index contributed by atoms with van der Waals surface area (Å²) in [5.41, 5.74) is 0. The van der Waals surface area contributed by atoms with Crippen molar-refractivity contribution in [2.75, 3.05) is 6.61 Å². The van der Waals surface area contributed by atoms with E-state index in [0.717, 1.165) is 19.4 Å². The van der Waals surface area contributed by atoms with Gasteiger partial charge in [-0.3, -0.25) is 4.79 Å². The van der Waals surface area contributed by atoms with Gasteiger partial charge in [0.2, 0.25) is 5.91 Å². The van der Waals surface area contributed by atoms with Crippen LogP contribution in [0.2, 0.25) is 0 Å². The van der Waals surface area contributed by atoms with Crippen molar-refractivity contribution in [2.45, 2.75) is 51.7 Å². The van der Waals surface area contributed by atoms with Crippen LogP contribution in [0.25, 0.3) is 0 Å². The molecule has 1 saturated carbocycles. The van der Waals surface area contributed by atoms with Crippen LogP contribution in [-0.4, -0.2) is 24.7 Å². The maximum atomic E-state index is 11.6. The Bertz CT molecular complexity index is 264. The van der Waals surface area contributed by atoms with Crippen LogP contribution in [0, 0.1) is 18.3 Å². The Morgan fingerprint density at radius 1 is 1.62 bits per heavy atom. The summed E-state index contributed by atoms with van der Waals surface area (Å²) in [4.78, 5) is 11.6. The number of hydrogen-bond donors (Lipinski definition) is 1. The Balaban J connectivity index is 2.10. The molecule has 1 aliphatic carbocycles. The molecule has 0 radical (unpaired) electrons. The zero-order valence-corrected chi connectivity index (χ0v) is 10.2. The largest absolute Gasteiger partial charge is 0.378 e. The number of terminal acetylenes is 1. The molecule has 1 N–H and O–H groups in total. The molecule has 1 amide bonds. The molecular weight excluding hydrogens is 202 g/mol. The summed E-state index contributed by atoms with van der Waals surface area (Å²) in [6, 6.07) is 0.0836. The van der Waals surface area contributed by atoms with E-state index in [0.29, 0.717) is 24.9 Å². The minimum atomic E-state index is 0.0836. The lowest BCUT2D eigenvalue weighted by Crippen LogP contribution is -2.38. The zero-order valence-electron chi connectivity index (χ0n) is 10.2. The molecule has 1 rings (SSSR count). The lowest BCUT2D eigenvalue weighted by Gasteiger charge is -2.34. The van der Waals surface area contributed by atoms with Gasteiger partial charge in [0, 0.05) is 25.5 Å². The second-order valence-electron chi connectivity index (χ2n) is 4.50. The van der Waals surface area contributed by atoms with Crippen LogP contribution in [0.1, 0.15) is 39.5 Å². The highest BCUT2D eigenvalue weighted by Gasteiger charge is 2.31.